The van der Waals surface area contributed by atoms with Crippen molar-refractivity contribution in [3.63, 3.8) is 0 Å². The van der Waals surface area contributed by atoms with E-state index in [0.717, 1.165) is 25.2 Å². The Balaban J connectivity index is 2.00. The van der Waals surface area contributed by atoms with Crippen molar-refractivity contribution < 1.29 is 9.53 Å². The topological polar surface area (TPSA) is 41.6 Å². The summed E-state index contributed by atoms with van der Waals surface area (Å²) in [6.45, 7) is 4.68. The first-order valence-corrected chi connectivity index (χ1v) is 6.62. The van der Waals surface area contributed by atoms with E-state index in [-0.39, 0.29) is 5.97 Å². The number of hydrogen-bond acceptors (Lipinski definition) is 4. The van der Waals surface area contributed by atoms with Gasteiger partial charge in [0, 0.05) is 12.6 Å². The molecule has 2 fully saturated rings. The highest BCUT2D eigenvalue weighted by molar-refractivity contribution is 5.81. The van der Waals surface area contributed by atoms with Crippen LogP contribution in [0.4, 0.5) is 0 Å². The molecule has 1 aliphatic carbocycles. The molecule has 1 heterocycles. The van der Waals surface area contributed by atoms with Gasteiger partial charge in [0.15, 0.2) is 0 Å². The van der Waals surface area contributed by atoms with Gasteiger partial charge in [-0.3, -0.25) is 4.79 Å². The van der Waals surface area contributed by atoms with Crippen molar-refractivity contribution in [3.8, 4) is 0 Å². The van der Waals surface area contributed by atoms with Crippen molar-refractivity contribution in [2.24, 2.45) is 5.92 Å². The highest BCUT2D eigenvalue weighted by atomic mass is 16.5. The van der Waals surface area contributed by atoms with Crippen LogP contribution in [0.1, 0.15) is 32.6 Å². The number of methoxy groups -OCH3 is 1. The van der Waals surface area contributed by atoms with E-state index in [1.807, 2.05) is 7.05 Å². The summed E-state index contributed by atoms with van der Waals surface area (Å²) in [6.07, 6.45) is 4.18. The predicted octanol–water partition coefficient (Wildman–Crippen LogP) is 1.01. The van der Waals surface area contributed by atoms with Crippen molar-refractivity contribution in [1.29, 1.82) is 0 Å². The van der Waals surface area contributed by atoms with Gasteiger partial charge in [0.25, 0.3) is 0 Å². The Labute approximate surface area is 104 Å². The molecule has 1 saturated heterocycles. The van der Waals surface area contributed by atoms with Crippen LogP contribution in [0.15, 0.2) is 0 Å². The number of likely N-dealkylation sites (tertiary alicyclic amines) is 1. The van der Waals surface area contributed by atoms with Gasteiger partial charge in [-0.1, -0.05) is 6.92 Å². The van der Waals surface area contributed by atoms with Crippen molar-refractivity contribution in [1.82, 2.24) is 10.2 Å². The Bertz CT molecular complexity index is 295. The Morgan fingerprint density at radius 3 is 2.76 bits per heavy atom. The van der Waals surface area contributed by atoms with Crippen molar-refractivity contribution >= 4 is 5.97 Å². The van der Waals surface area contributed by atoms with E-state index in [1.54, 1.807) is 0 Å². The van der Waals surface area contributed by atoms with Crippen molar-refractivity contribution in [2.45, 2.75) is 44.2 Å². The molecule has 1 N–H and O–H groups in total. The maximum absolute atomic E-state index is 11.9. The average Bonchev–Trinajstić information content (AvgIpc) is 2.94. The highest BCUT2D eigenvalue weighted by Crippen LogP contribution is 2.35. The van der Waals surface area contributed by atoms with Gasteiger partial charge in [-0.25, -0.2) is 0 Å². The molecular weight excluding hydrogens is 216 g/mol. The number of carbonyl (C=O) groups is 1. The van der Waals surface area contributed by atoms with Gasteiger partial charge in [-0.15, -0.1) is 0 Å². The monoisotopic (exact) mass is 240 g/mol. The molecule has 2 rings (SSSR count). The molecule has 3 atom stereocenters. The highest BCUT2D eigenvalue weighted by Gasteiger charge is 2.47. The van der Waals surface area contributed by atoms with Gasteiger partial charge in [0.05, 0.1) is 7.11 Å². The fourth-order valence-corrected chi connectivity index (χ4v) is 3.34. The largest absolute Gasteiger partial charge is 0.468 e. The number of nitrogens with zero attached hydrogens (tertiary/aromatic N) is 1. The summed E-state index contributed by atoms with van der Waals surface area (Å²) in [5, 5.41) is 3.19. The first kappa shape index (κ1) is 12.8. The minimum Gasteiger partial charge on any atom is -0.468 e. The molecule has 4 nitrogen and oxygen atoms in total. The maximum Gasteiger partial charge on any atom is 0.326 e. The number of ether oxygens (including phenoxy) is 1. The van der Waals surface area contributed by atoms with Gasteiger partial charge >= 0.3 is 5.97 Å². The SMILES string of the molecule is CNC1(C(=O)OC)CCC(N2CCC(C)C2)C1. The Morgan fingerprint density at radius 2 is 2.24 bits per heavy atom. The van der Waals surface area contributed by atoms with Crippen LogP contribution in [0.25, 0.3) is 0 Å². The molecule has 0 aromatic heterocycles. The third kappa shape index (κ3) is 2.33. The van der Waals surface area contributed by atoms with E-state index in [4.69, 9.17) is 4.74 Å². The predicted molar refractivity (Wildman–Crippen MR) is 66.8 cm³/mol. The molecule has 1 aliphatic heterocycles. The zero-order chi connectivity index (χ0) is 12.5. The number of rotatable bonds is 3. The normalized spacial score (nSPS) is 38.5. The van der Waals surface area contributed by atoms with Crippen LogP contribution in [0.2, 0.25) is 0 Å². The standard InChI is InChI=1S/C13H24N2O2/c1-10-5-7-15(9-10)11-4-6-13(8-11,14-2)12(16)17-3/h10-11,14H,4-9H2,1-3H3. The number of nitrogens with one attached hydrogen (secondary N) is 1. The maximum atomic E-state index is 11.9. The number of hydrogen-bond donors (Lipinski definition) is 1. The second-order valence-electron chi connectivity index (χ2n) is 5.61. The van der Waals surface area contributed by atoms with Crippen LogP contribution in [0.3, 0.4) is 0 Å². The van der Waals surface area contributed by atoms with E-state index < -0.39 is 5.54 Å². The molecule has 4 heteroatoms. The molecule has 2 aliphatic rings. The lowest BCUT2D eigenvalue weighted by Gasteiger charge is -2.28. The second kappa shape index (κ2) is 4.94. The zero-order valence-electron chi connectivity index (χ0n) is 11.2. The van der Waals surface area contributed by atoms with Crippen molar-refractivity contribution in [2.75, 3.05) is 27.2 Å². The third-order valence-electron chi connectivity index (χ3n) is 4.51. The lowest BCUT2D eigenvalue weighted by Crippen LogP contribution is -2.50. The number of carbonyl (C=O) groups excluding carboxylic acids is 1. The lowest BCUT2D eigenvalue weighted by molar-refractivity contribution is -0.148. The third-order valence-corrected chi connectivity index (χ3v) is 4.51. The molecule has 0 bridgehead atoms. The van der Waals surface area contributed by atoms with Gasteiger partial charge in [0.2, 0.25) is 0 Å². The van der Waals surface area contributed by atoms with E-state index in [9.17, 15) is 4.79 Å². The lowest BCUT2D eigenvalue weighted by atomic mass is 9.97. The van der Waals surface area contributed by atoms with Crippen LogP contribution in [0, 0.1) is 5.92 Å². The summed E-state index contributed by atoms with van der Waals surface area (Å²) in [5.41, 5.74) is -0.439. The molecule has 0 aromatic carbocycles. The van der Waals surface area contributed by atoms with Crippen LogP contribution < -0.4 is 5.32 Å². The first-order valence-electron chi connectivity index (χ1n) is 6.62. The smallest absolute Gasteiger partial charge is 0.326 e. The fourth-order valence-electron chi connectivity index (χ4n) is 3.34. The Hall–Kier alpha value is -0.610. The molecule has 3 unspecified atom stereocenters. The summed E-state index contributed by atoms with van der Waals surface area (Å²) in [4.78, 5) is 14.4. The van der Waals surface area contributed by atoms with Gasteiger partial charge in [-0.2, -0.15) is 0 Å². The number of likely N-dealkylation sites (N-methyl/N-ethyl adjacent to an activating group) is 1. The van der Waals surface area contributed by atoms with E-state index in [2.05, 4.69) is 17.1 Å². The summed E-state index contributed by atoms with van der Waals surface area (Å²) in [5.74, 6) is 0.701. The van der Waals surface area contributed by atoms with Crippen LogP contribution >= 0.6 is 0 Å². The molecule has 0 amide bonds. The molecule has 0 aromatic rings. The average molecular weight is 240 g/mol. The van der Waals surface area contributed by atoms with Gasteiger partial charge < -0.3 is 15.0 Å². The molecular formula is C13H24N2O2. The summed E-state index contributed by atoms with van der Waals surface area (Å²) in [7, 11) is 3.35. The Kier molecular flexibility index (Phi) is 3.73. The van der Waals surface area contributed by atoms with Crippen molar-refractivity contribution in [3.05, 3.63) is 0 Å². The zero-order valence-corrected chi connectivity index (χ0v) is 11.2. The summed E-state index contributed by atoms with van der Waals surface area (Å²) >= 11 is 0. The number of esters is 1. The van der Waals surface area contributed by atoms with Gasteiger partial charge in [0.1, 0.15) is 5.54 Å². The van der Waals surface area contributed by atoms with E-state index in [1.165, 1.54) is 26.6 Å². The fraction of sp³-hybridized carbons (Fsp3) is 0.923. The first-order chi connectivity index (χ1) is 8.11. The van der Waals surface area contributed by atoms with Crippen LogP contribution in [-0.2, 0) is 9.53 Å². The Morgan fingerprint density at radius 1 is 1.47 bits per heavy atom. The summed E-state index contributed by atoms with van der Waals surface area (Å²) in [6, 6.07) is 0.548. The van der Waals surface area contributed by atoms with E-state index >= 15 is 0 Å². The van der Waals surface area contributed by atoms with Crippen LogP contribution in [-0.4, -0.2) is 49.7 Å². The summed E-state index contributed by atoms with van der Waals surface area (Å²) < 4.78 is 4.94. The molecule has 98 valence electrons. The second-order valence-corrected chi connectivity index (χ2v) is 5.61. The van der Waals surface area contributed by atoms with Crippen LogP contribution in [0.5, 0.6) is 0 Å². The van der Waals surface area contributed by atoms with E-state index in [0.29, 0.717) is 6.04 Å². The quantitative estimate of drug-likeness (QED) is 0.748. The molecule has 0 spiro atoms. The minimum atomic E-state index is -0.439. The molecule has 1 saturated carbocycles. The molecule has 0 radical (unpaired) electrons. The minimum absolute atomic E-state index is 0.102. The van der Waals surface area contributed by atoms with Gasteiger partial charge in [-0.05, 0) is 45.2 Å². The molecule has 17 heavy (non-hydrogen) atoms.